The molecule has 2 amide bonds. The number of rotatable bonds is 3. The monoisotopic (exact) mass is 435 g/mol. The number of likely N-dealkylation sites (tertiary alicyclic amines) is 1. The molecule has 0 saturated carbocycles. The summed E-state index contributed by atoms with van der Waals surface area (Å²) in [4.78, 5) is 28.1. The molecule has 9 nitrogen and oxygen atoms in total. The predicted octanol–water partition coefficient (Wildman–Crippen LogP) is -0.327. The lowest BCUT2D eigenvalue weighted by molar-refractivity contribution is -0.137. The average Bonchev–Trinajstić information content (AvgIpc) is 3.25. The molecule has 166 valence electrons. The van der Waals surface area contributed by atoms with Crippen LogP contribution in [0.5, 0.6) is 0 Å². The molecule has 0 radical (unpaired) electrons. The molecule has 0 bridgehead atoms. The number of nitrogens with two attached hydrogens (primary N) is 1. The van der Waals surface area contributed by atoms with Crippen molar-refractivity contribution in [1.29, 1.82) is 0 Å². The van der Waals surface area contributed by atoms with Gasteiger partial charge in [-0.3, -0.25) is 14.5 Å². The highest BCUT2D eigenvalue weighted by Crippen LogP contribution is 2.28. The van der Waals surface area contributed by atoms with Crippen LogP contribution in [0.25, 0.3) is 5.69 Å². The van der Waals surface area contributed by atoms with Crippen LogP contribution < -0.4 is 5.73 Å². The van der Waals surface area contributed by atoms with Gasteiger partial charge in [0.15, 0.2) is 5.69 Å². The zero-order valence-corrected chi connectivity index (χ0v) is 17.9. The summed E-state index contributed by atoms with van der Waals surface area (Å²) in [6, 6.07) is 7.74. The molecule has 4 heterocycles. The molecule has 0 spiro atoms. The van der Waals surface area contributed by atoms with E-state index in [4.69, 9.17) is 10.5 Å². The van der Waals surface area contributed by atoms with Crippen molar-refractivity contribution >= 4 is 11.8 Å². The van der Waals surface area contributed by atoms with E-state index >= 15 is 0 Å². The maximum atomic E-state index is 12.2. The van der Waals surface area contributed by atoms with E-state index in [-0.39, 0.29) is 18.0 Å². The minimum atomic E-state index is -1.65. The van der Waals surface area contributed by atoms with Crippen LogP contribution in [0.3, 0.4) is 0 Å². The normalized spacial score (nSPS) is 23.4. The first-order valence-electron chi connectivity index (χ1n) is 10.7. The number of primary amides is 1. The molecule has 3 aliphatic rings. The minimum Gasteiger partial charge on any atom is -0.378 e. The Balaban J connectivity index is 1.47. The number of hydrogen-bond acceptors (Lipinski definition) is 6. The second-order valence-electron chi connectivity index (χ2n) is 8.60. The zero-order valence-electron chi connectivity index (χ0n) is 17.9. The van der Waals surface area contributed by atoms with E-state index in [2.05, 4.69) is 21.8 Å². The third kappa shape index (κ3) is 3.46. The molecule has 1 aromatic carbocycles. The molecule has 2 fully saturated rings. The summed E-state index contributed by atoms with van der Waals surface area (Å²) in [6.07, 6.45) is 1.02. The van der Waals surface area contributed by atoms with Crippen molar-refractivity contribution in [2.45, 2.75) is 31.0 Å². The molecule has 2 saturated heterocycles. The van der Waals surface area contributed by atoms with Crippen LogP contribution in [0.2, 0.25) is 0 Å². The number of aliphatic hydroxyl groups is 1. The van der Waals surface area contributed by atoms with E-state index in [0.29, 0.717) is 37.9 Å². The number of hydrogen-bond donors (Lipinski definition) is 2. The van der Waals surface area contributed by atoms with Gasteiger partial charge in [-0.25, -0.2) is 4.68 Å². The lowest BCUT2D eigenvalue weighted by Crippen LogP contribution is -2.50. The van der Waals surface area contributed by atoms with Gasteiger partial charge in [0, 0.05) is 50.7 Å². The summed E-state index contributed by atoms with van der Waals surface area (Å²) in [7, 11) is 1.65. The standard InChI is InChI=1S/C23H25N5O4/c1-26-10-8-23(31,22(26)30)7-5-15-3-2-4-16(11-15)28-19-6-9-27(17-13-32-14-17)12-18(19)20(25-28)21(24)29/h2-4,11,17,31H,6,8-10,12-14H2,1H3,(H2,24,29)/t23-/m0/s1. The Morgan fingerprint density at radius 2 is 2.16 bits per heavy atom. The van der Waals surface area contributed by atoms with Gasteiger partial charge in [-0.2, -0.15) is 5.10 Å². The number of fused-ring (bicyclic) bond motifs is 1. The summed E-state index contributed by atoms with van der Waals surface area (Å²) >= 11 is 0. The molecule has 1 atom stereocenters. The van der Waals surface area contributed by atoms with E-state index in [1.807, 2.05) is 24.3 Å². The third-order valence-corrected chi connectivity index (χ3v) is 6.47. The number of benzene rings is 1. The Morgan fingerprint density at radius 1 is 1.34 bits per heavy atom. The van der Waals surface area contributed by atoms with Gasteiger partial charge in [0.2, 0.25) is 5.60 Å². The first-order chi connectivity index (χ1) is 15.4. The summed E-state index contributed by atoms with van der Waals surface area (Å²) in [5.74, 6) is 4.75. The number of carbonyl (C=O) groups is 2. The minimum absolute atomic E-state index is 0.284. The highest BCUT2D eigenvalue weighted by Gasteiger charge is 2.42. The quantitative estimate of drug-likeness (QED) is 0.639. The van der Waals surface area contributed by atoms with Crippen LogP contribution in [-0.4, -0.2) is 81.5 Å². The summed E-state index contributed by atoms with van der Waals surface area (Å²) in [5.41, 5.74) is 7.50. The number of aromatic nitrogens is 2. The van der Waals surface area contributed by atoms with Crippen LogP contribution >= 0.6 is 0 Å². The SMILES string of the molecule is CN1CC[C@@](O)(C#Cc2cccc(-n3nc(C(N)=O)c4c3CCN(C3COC3)C4)c2)C1=O. The first-order valence-corrected chi connectivity index (χ1v) is 10.7. The van der Waals surface area contributed by atoms with Crippen molar-refractivity contribution in [2.75, 3.05) is 33.4 Å². The van der Waals surface area contributed by atoms with Gasteiger partial charge in [0.25, 0.3) is 11.8 Å². The van der Waals surface area contributed by atoms with Gasteiger partial charge in [0.1, 0.15) is 0 Å². The number of amides is 2. The maximum absolute atomic E-state index is 12.2. The number of likely N-dealkylation sites (N-methyl/N-ethyl adjacent to an activating group) is 1. The molecule has 3 aliphatic heterocycles. The molecule has 32 heavy (non-hydrogen) atoms. The maximum Gasteiger partial charge on any atom is 0.269 e. The van der Waals surface area contributed by atoms with Gasteiger partial charge in [-0.1, -0.05) is 17.9 Å². The van der Waals surface area contributed by atoms with E-state index in [0.717, 1.165) is 29.9 Å². The second-order valence-corrected chi connectivity index (χ2v) is 8.60. The third-order valence-electron chi connectivity index (χ3n) is 6.47. The highest BCUT2D eigenvalue weighted by atomic mass is 16.5. The van der Waals surface area contributed by atoms with Gasteiger partial charge in [-0.15, -0.1) is 0 Å². The van der Waals surface area contributed by atoms with Crippen molar-refractivity contribution in [1.82, 2.24) is 19.6 Å². The van der Waals surface area contributed by atoms with Crippen LogP contribution in [0.4, 0.5) is 0 Å². The fourth-order valence-electron chi connectivity index (χ4n) is 4.46. The summed E-state index contributed by atoms with van der Waals surface area (Å²) in [5, 5.41) is 15.1. The van der Waals surface area contributed by atoms with Crippen molar-refractivity contribution in [3.05, 3.63) is 46.8 Å². The zero-order chi connectivity index (χ0) is 22.5. The Bertz CT molecular complexity index is 1160. The van der Waals surface area contributed by atoms with Gasteiger partial charge < -0.3 is 20.5 Å². The number of carbonyl (C=O) groups excluding carboxylic acids is 2. The number of nitrogens with zero attached hydrogens (tertiary/aromatic N) is 4. The van der Waals surface area contributed by atoms with Crippen molar-refractivity contribution in [2.24, 2.45) is 5.73 Å². The molecular formula is C23H25N5O4. The van der Waals surface area contributed by atoms with Crippen LogP contribution in [0, 0.1) is 11.8 Å². The van der Waals surface area contributed by atoms with Crippen molar-refractivity contribution in [3.63, 3.8) is 0 Å². The van der Waals surface area contributed by atoms with Gasteiger partial charge in [-0.05, 0) is 18.2 Å². The summed E-state index contributed by atoms with van der Waals surface area (Å²) in [6.45, 7) is 3.36. The van der Waals surface area contributed by atoms with E-state index in [1.165, 1.54) is 4.90 Å². The van der Waals surface area contributed by atoms with Crippen LogP contribution in [0.1, 0.15) is 33.7 Å². The second kappa shape index (κ2) is 7.74. The van der Waals surface area contributed by atoms with Crippen molar-refractivity contribution in [3.8, 4) is 17.5 Å². The molecule has 0 aliphatic carbocycles. The number of ether oxygens (including phenoxy) is 1. The largest absolute Gasteiger partial charge is 0.378 e. The molecule has 1 aromatic heterocycles. The molecule has 5 rings (SSSR count). The van der Waals surface area contributed by atoms with Gasteiger partial charge in [0.05, 0.1) is 30.6 Å². The Labute approximate surface area is 185 Å². The van der Waals surface area contributed by atoms with E-state index in [1.54, 1.807) is 11.7 Å². The van der Waals surface area contributed by atoms with E-state index < -0.39 is 11.5 Å². The summed E-state index contributed by atoms with van der Waals surface area (Å²) < 4.78 is 7.07. The molecule has 3 N–H and O–H groups in total. The van der Waals surface area contributed by atoms with Crippen molar-refractivity contribution < 1.29 is 19.4 Å². The lowest BCUT2D eigenvalue weighted by Gasteiger charge is -2.39. The highest BCUT2D eigenvalue weighted by molar-refractivity contribution is 5.93. The topological polar surface area (TPSA) is 114 Å². The fraction of sp³-hybridized carbons (Fsp3) is 0.435. The molecule has 2 aromatic rings. The average molecular weight is 435 g/mol. The van der Waals surface area contributed by atoms with Gasteiger partial charge >= 0.3 is 0 Å². The molecular weight excluding hydrogens is 410 g/mol. The Hall–Kier alpha value is -3.19. The predicted molar refractivity (Wildman–Crippen MR) is 115 cm³/mol. The lowest BCUT2D eigenvalue weighted by atomic mass is 10.0. The fourth-order valence-corrected chi connectivity index (χ4v) is 4.46. The molecule has 9 heteroatoms. The molecule has 0 unspecified atom stereocenters. The Kier molecular flexibility index (Phi) is 5.01. The van der Waals surface area contributed by atoms with E-state index in [9.17, 15) is 14.7 Å². The van der Waals surface area contributed by atoms with Crippen LogP contribution in [-0.2, 0) is 22.5 Å². The first kappa shape index (κ1) is 20.7. The van der Waals surface area contributed by atoms with Crippen LogP contribution in [0.15, 0.2) is 24.3 Å². The smallest absolute Gasteiger partial charge is 0.269 e. The Morgan fingerprint density at radius 3 is 2.81 bits per heavy atom.